The van der Waals surface area contributed by atoms with E-state index in [1.807, 2.05) is 13.8 Å². The third-order valence-electron chi connectivity index (χ3n) is 5.61. The number of aromatic hydroxyl groups is 2. The predicted molar refractivity (Wildman–Crippen MR) is 129 cm³/mol. The van der Waals surface area contributed by atoms with Gasteiger partial charge in [-0.25, -0.2) is 4.79 Å². The third kappa shape index (κ3) is 5.66. The number of carbonyl (C=O) groups is 2. The van der Waals surface area contributed by atoms with Gasteiger partial charge in [0, 0.05) is 11.6 Å². The largest absolute Gasteiger partial charge is 0.507 e. The average Bonchev–Trinajstić information content (AvgIpc) is 2.82. The van der Waals surface area contributed by atoms with Crippen molar-refractivity contribution in [3.8, 4) is 28.7 Å². The Balaban J connectivity index is 0.000000196. The summed E-state index contributed by atoms with van der Waals surface area (Å²) in [5.74, 6) is -0.0991. The Labute approximate surface area is 203 Å². The molecule has 0 spiro atoms. The van der Waals surface area contributed by atoms with Crippen LogP contribution in [-0.2, 0) is 6.42 Å². The highest BCUT2D eigenvalue weighted by Gasteiger charge is 2.30. The van der Waals surface area contributed by atoms with E-state index in [1.165, 1.54) is 44.6 Å². The molecule has 0 saturated carbocycles. The molecular weight excluding hydrogens is 452 g/mol. The van der Waals surface area contributed by atoms with Gasteiger partial charge >= 0.3 is 5.97 Å². The third-order valence-corrected chi connectivity index (χ3v) is 5.61. The van der Waals surface area contributed by atoms with Crippen molar-refractivity contribution in [2.24, 2.45) is 0 Å². The summed E-state index contributed by atoms with van der Waals surface area (Å²) in [6.07, 6.45) is 1.62. The summed E-state index contributed by atoms with van der Waals surface area (Å²) in [5.41, 5.74) is 1.11. The molecule has 0 aromatic heterocycles. The van der Waals surface area contributed by atoms with E-state index in [-0.39, 0.29) is 33.8 Å². The first-order chi connectivity index (χ1) is 16.6. The Morgan fingerprint density at radius 3 is 2.14 bits per heavy atom. The van der Waals surface area contributed by atoms with Crippen LogP contribution in [0.25, 0.3) is 0 Å². The number of fused-ring (bicyclic) bond motifs is 1. The Morgan fingerprint density at radius 1 is 0.886 bits per heavy atom. The van der Waals surface area contributed by atoms with E-state index < -0.39 is 11.8 Å². The molecule has 3 N–H and O–H groups in total. The zero-order chi connectivity index (χ0) is 25.8. The fraction of sp³-hybridized carbons (Fsp3) is 0.259. The standard InChI is InChI=1S/C14H12O4.C13H16O4/c1-18-9-6-7-11(13(16)8-9)14(17)10-4-2-3-5-12(10)15;1-13(2)7-6-8-10(17-13)5-4-9(12(14)15)11(8)16-3/h2-8,15-16H,1H3;4-5H,6-7H2,1-3H3,(H,14,15). The van der Waals surface area contributed by atoms with Crippen LogP contribution in [0.4, 0.5) is 0 Å². The second kappa shape index (κ2) is 10.4. The molecule has 8 nitrogen and oxygen atoms in total. The Morgan fingerprint density at radius 2 is 1.54 bits per heavy atom. The van der Waals surface area contributed by atoms with Crippen molar-refractivity contribution >= 4 is 11.8 Å². The van der Waals surface area contributed by atoms with Crippen LogP contribution >= 0.6 is 0 Å². The first kappa shape index (κ1) is 25.4. The van der Waals surface area contributed by atoms with Crippen molar-refractivity contribution in [1.29, 1.82) is 0 Å². The predicted octanol–water partition coefficient (Wildman–Crippen LogP) is 4.83. The maximum atomic E-state index is 12.1. The number of hydrogen-bond acceptors (Lipinski definition) is 7. The van der Waals surface area contributed by atoms with Gasteiger partial charge in [-0.2, -0.15) is 0 Å². The first-order valence-electron chi connectivity index (χ1n) is 10.9. The van der Waals surface area contributed by atoms with Gasteiger partial charge in [-0.05, 0) is 63.1 Å². The summed E-state index contributed by atoms with van der Waals surface area (Å²) in [5, 5.41) is 28.4. The highest BCUT2D eigenvalue weighted by molar-refractivity contribution is 6.12. The Hall–Kier alpha value is -4.20. The molecule has 0 bridgehead atoms. The van der Waals surface area contributed by atoms with Gasteiger partial charge < -0.3 is 29.5 Å². The highest BCUT2D eigenvalue weighted by atomic mass is 16.5. The minimum absolute atomic E-state index is 0.113. The maximum Gasteiger partial charge on any atom is 0.339 e. The summed E-state index contributed by atoms with van der Waals surface area (Å²) < 4.78 is 16.0. The number of rotatable bonds is 5. The van der Waals surface area contributed by atoms with Crippen LogP contribution in [0.2, 0.25) is 0 Å². The lowest BCUT2D eigenvalue weighted by Crippen LogP contribution is -2.32. The number of para-hydroxylation sites is 1. The number of carboxylic acid groups (broad SMARTS) is 1. The number of ketones is 1. The number of benzene rings is 3. The molecule has 0 radical (unpaired) electrons. The summed E-state index contributed by atoms with van der Waals surface area (Å²) in [4.78, 5) is 23.2. The van der Waals surface area contributed by atoms with Crippen molar-refractivity contribution in [1.82, 2.24) is 0 Å². The fourth-order valence-corrected chi connectivity index (χ4v) is 3.76. The first-order valence-corrected chi connectivity index (χ1v) is 10.9. The topological polar surface area (TPSA) is 123 Å². The number of methoxy groups -OCH3 is 2. The van der Waals surface area contributed by atoms with Crippen LogP contribution in [-0.4, -0.2) is 46.9 Å². The quantitative estimate of drug-likeness (QED) is 0.444. The van der Waals surface area contributed by atoms with Gasteiger partial charge in [0.1, 0.15) is 39.9 Å². The zero-order valence-corrected chi connectivity index (χ0v) is 20.0. The summed E-state index contributed by atoms with van der Waals surface area (Å²) >= 11 is 0. The van der Waals surface area contributed by atoms with Crippen molar-refractivity contribution < 1.29 is 39.1 Å². The minimum atomic E-state index is -0.977. The molecule has 4 rings (SSSR count). The van der Waals surface area contributed by atoms with E-state index in [1.54, 1.807) is 24.3 Å². The molecule has 1 heterocycles. The number of carbonyl (C=O) groups excluding carboxylic acids is 1. The molecule has 0 saturated heterocycles. The van der Waals surface area contributed by atoms with Crippen molar-refractivity contribution in [2.45, 2.75) is 32.3 Å². The molecule has 0 unspecified atom stereocenters. The maximum absolute atomic E-state index is 12.1. The van der Waals surface area contributed by atoms with Crippen LogP contribution in [0.15, 0.2) is 54.6 Å². The second-order valence-electron chi connectivity index (χ2n) is 8.52. The van der Waals surface area contributed by atoms with Gasteiger partial charge in [-0.15, -0.1) is 0 Å². The Bertz CT molecular complexity index is 1250. The van der Waals surface area contributed by atoms with E-state index in [9.17, 15) is 19.8 Å². The molecule has 8 heteroatoms. The van der Waals surface area contributed by atoms with Crippen LogP contribution in [0.1, 0.15) is 52.1 Å². The van der Waals surface area contributed by atoms with Gasteiger partial charge in [0.25, 0.3) is 0 Å². The fourth-order valence-electron chi connectivity index (χ4n) is 3.76. The zero-order valence-electron chi connectivity index (χ0n) is 20.0. The summed E-state index contributed by atoms with van der Waals surface area (Å²) in [6, 6.07) is 13.8. The number of hydrogen-bond donors (Lipinski definition) is 3. The number of carboxylic acids is 1. The van der Waals surface area contributed by atoms with Gasteiger partial charge in [0.05, 0.1) is 25.3 Å². The number of phenolic OH excluding ortho intramolecular Hbond substituents is 2. The van der Waals surface area contributed by atoms with Gasteiger partial charge in [-0.1, -0.05) is 12.1 Å². The monoisotopic (exact) mass is 480 g/mol. The van der Waals surface area contributed by atoms with Crippen LogP contribution in [0.3, 0.4) is 0 Å². The van der Waals surface area contributed by atoms with Crippen LogP contribution < -0.4 is 14.2 Å². The Kier molecular flexibility index (Phi) is 7.54. The number of aromatic carboxylic acids is 1. The highest BCUT2D eigenvalue weighted by Crippen LogP contribution is 2.40. The van der Waals surface area contributed by atoms with E-state index in [2.05, 4.69) is 0 Å². The molecule has 184 valence electrons. The molecular formula is C27H28O8. The second-order valence-corrected chi connectivity index (χ2v) is 8.52. The molecule has 0 amide bonds. The van der Waals surface area contributed by atoms with Gasteiger partial charge in [0.15, 0.2) is 5.78 Å². The van der Waals surface area contributed by atoms with E-state index >= 15 is 0 Å². The van der Waals surface area contributed by atoms with Crippen LogP contribution in [0, 0.1) is 0 Å². The number of ether oxygens (including phenoxy) is 3. The summed E-state index contributed by atoms with van der Waals surface area (Å²) in [7, 11) is 2.96. The van der Waals surface area contributed by atoms with Crippen molar-refractivity contribution in [3.05, 3.63) is 76.9 Å². The smallest absolute Gasteiger partial charge is 0.339 e. The normalized spacial score (nSPS) is 13.4. The lowest BCUT2D eigenvalue weighted by Gasteiger charge is -2.33. The lowest BCUT2D eigenvalue weighted by molar-refractivity contribution is 0.0689. The van der Waals surface area contributed by atoms with Gasteiger partial charge in [0.2, 0.25) is 0 Å². The molecule has 0 aliphatic carbocycles. The van der Waals surface area contributed by atoms with E-state index in [0.29, 0.717) is 11.5 Å². The van der Waals surface area contributed by atoms with E-state index in [4.69, 9.17) is 19.3 Å². The summed E-state index contributed by atoms with van der Waals surface area (Å²) in [6.45, 7) is 4.04. The van der Waals surface area contributed by atoms with Gasteiger partial charge in [-0.3, -0.25) is 4.79 Å². The molecule has 1 aliphatic rings. The SMILES string of the molecule is COc1c(C(=O)O)ccc2c1CCC(C)(C)O2.COc1ccc(C(=O)c2ccccc2O)c(O)c1. The van der Waals surface area contributed by atoms with Crippen molar-refractivity contribution in [2.75, 3.05) is 14.2 Å². The molecule has 35 heavy (non-hydrogen) atoms. The average molecular weight is 481 g/mol. The lowest BCUT2D eigenvalue weighted by atomic mass is 9.92. The molecule has 3 aromatic carbocycles. The number of phenols is 2. The molecule has 3 aromatic rings. The molecule has 1 aliphatic heterocycles. The minimum Gasteiger partial charge on any atom is -0.507 e. The van der Waals surface area contributed by atoms with Crippen LogP contribution in [0.5, 0.6) is 28.7 Å². The molecule has 0 fully saturated rings. The van der Waals surface area contributed by atoms with E-state index in [0.717, 1.165) is 24.2 Å². The molecule has 0 atom stereocenters. The van der Waals surface area contributed by atoms with Crippen molar-refractivity contribution in [3.63, 3.8) is 0 Å².